The molecule has 0 saturated carbocycles. The fourth-order valence-electron chi connectivity index (χ4n) is 1.34. The second-order valence-electron chi connectivity index (χ2n) is 3.38. The summed E-state index contributed by atoms with van der Waals surface area (Å²) in [6, 6.07) is 4.76. The third-order valence-electron chi connectivity index (χ3n) is 2.21. The van der Waals surface area contributed by atoms with E-state index in [1.54, 1.807) is 12.1 Å². The summed E-state index contributed by atoms with van der Waals surface area (Å²) in [6.07, 6.45) is 0.0213. The lowest BCUT2D eigenvalue weighted by Gasteiger charge is -2.09. The molecule has 1 aromatic rings. The molecule has 0 aliphatic carbocycles. The van der Waals surface area contributed by atoms with E-state index >= 15 is 0 Å². The molecule has 88 valence electrons. The standard InChI is InChI=1S/C11H12Cl2O3/c12-5-1-2-7-3-4-8(6-9(7)13)10(14)11(15)16/h3-4,6,10,14H,1-2,5H2,(H,15,16). The second kappa shape index (κ2) is 6.09. The molecule has 0 bridgehead atoms. The Bertz CT molecular complexity index is 379. The number of carboxylic acid groups (broad SMARTS) is 1. The highest BCUT2D eigenvalue weighted by Crippen LogP contribution is 2.23. The number of carboxylic acids is 1. The summed E-state index contributed by atoms with van der Waals surface area (Å²) < 4.78 is 0. The molecule has 1 unspecified atom stereocenters. The lowest BCUT2D eigenvalue weighted by atomic mass is 10.0. The summed E-state index contributed by atoms with van der Waals surface area (Å²) in [5.74, 6) is -0.736. The quantitative estimate of drug-likeness (QED) is 0.803. The summed E-state index contributed by atoms with van der Waals surface area (Å²) in [4.78, 5) is 10.6. The van der Waals surface area contributed by atoms with Gasteiger partial charge in [-0.2, -0.15) is 0 Å². The first-order valence-corrected chi connectivity index (χ1v) is 5.72. The summed E-state index contributed by atoms with van der Waals surface area (Å²) in [7, 11) is 0. The van der Waals surface area contributed by atoms with Gasteiger partial charge in [-0.25, -0.2) is 4.79 Å². The zero-order valence-electron chi connectivity index (χ0n) is 8.49. The van der Waals surface area contributed by atoms with Crippen molar-refractivity contribution in [3.8, 4) is 0 Å². The van der Waals surface area contributed by atoms with E-state index in [1.165, 1.54) is 6.07 Å². The molecule has 1 atom stereocenters. The maximum atomic E-state index is 10.6. The van der Waals surface area contributed by atoms with E-state index in [1.807, 2.05) is 0 Å². The van der Waals surface area contributed by atoms with Crippen LogP contribution >= 0.6 is 23.2 Å². The molecule has 0 saturated heterocycles. The minimum absolute atomic E-state index is 0.284. The topological polar surface area (TPSA) is 57.5 Å². The largest absolute Gasteiger partial charge is 0.479 e. The van der Waals surface area contributed by atoms with Crippen molar-refractivity contribution in [1.82, 2.24) is 0 Å². The van der Waals surface area contributed by atoms with Gasteiger partial charge in [0.05, 0.1) is 0 Å². The molecule has 0 aromatic heterocycles. The van der Waals surface area contributed by atoms with Gasteiger partial charge >= 0.3 is 5.97 Å². The zero-order chi connectivity index (χ0) is 12.1. The number of aryl methyl sites for hydroxylation is 1. The minimum Gasteiger partial charge on any atom is -0.479 e. The molecule has 0 radical (unpaired) electrons. The van der Waals surface area contributed by atoms with Crippen molar-refractivity contribution in [2.45, 2.75) is 18.9 Å². The van der Waals surface area contributed by atoms with Crippen molar-refractivity contribution < 1.29 is 15.0 Å². The lowest BCUT2D eigenvalue weighted by Crippen LogP contribution is -2.10. The SMILES string of the molecule is O=C(O)C(O)c1ccc(CCCCl)c(Cl)c1. The van der Waals surface area contributed by atoms with Gasteiger partial charge < -0.3 is 10.2 Å². The Balaban J connectivity index is 2.86. The predicted octanol–water partition coefficient (Wildman–Crippen LogP) is 2.63. The Hall–Kier alpha value is -0.770. The van der Waals surface area contributed by atoms with Crippen molar-refractivity contribution >= 4 is 29.2 Å². The number of benzene rings is 1. The van der Waals surface area contributed by atoms with Gasteiger partial charge in [-0.1, -0.05) is 23.7 Å². The Labute approximate surface area is 104 Å². The van der Waals surface area contributed by atoms with Gasteiger partial charge in [0.2, 0.25) is 0 Å². The second-order valence-corrected chi connectivity index (χ2v) is 4.17. The molecule has 0 aliphatic heterocycles. The third-order valence-corrected chi connectivity index (χ3v) is 2.83. The number of alkyl halides is 1. The molecule has 1 aromatic carbocycles. The molecule has 0 amide bonds. The van der Waals surface area contributed by atoms with Gasteiger partial charge in [0.15, 0.2) is 6.10 Å². The van der Waals surface area contributed by atoms with E-state index in [-0.39, 0.29) is 5.56 Å². The first-order valence-electron chi connectivity index (χ1n) is 4.81. The molecular formula is C11H12Cl2O3. The van der Waals surface area contributed by atoms with Gasteiger partial charge in [-0.3, -0.25) is 0 Å². The van der Waals surface area contributed by atoms with Crippen molar-refractivity contribution in [2.75, 3.05) is 5.88 Å². The van der Waals surface area contributed by atoms with E-state index in [9.17, 15) is 9.90 Å². The first-order chi connectivity index (χ1) is 7.56. The molecule has 3 nitrogen and oxygen atoms in total. The van der Waals surface area contributed by atoms with Crippen molar-refractivity contribution in [3.05, 3.63) is 34.3 Å². The molecule has 5 heteroatoms. The molecule has 1 rings (SSSR count). The van der Waals surface area contributed by atoms with Gasteiger partial charge in [-0.05, 0) is 30.0 Å². The average Bonchev–Trinajstić information content (AvgIpc) is 2.26. The van der Waals surface area contributed by atoms with Crippen LogP contribution < -0.4 is 0 Å². The summed E-state index contributed by atoms with van der Waals surface area (Å²) in [5.41, 5.74) is 1.19. The van der Waals surface area contributed by atoms with Crippen LogP contribution in [0.15, 0.2) is 18.2 Å². The van der Waals surface area contributed by atoms with Crippen molar-refractivity contribution in [2.24, 2.45) is 0 Å². The van der Waals surface area contributed by atoms with Crippen LogP contribution in [-0.4, -0.2) is 22.1 Å². The van der Waals surface area contributed by atoms with Crippen molar-refractivity contribution in [3.63, 3.8) is 0 Å². The molecule has 0 spiro atoms. The Kier molecular flexibility index (Phi) is 5.06. The van der Waals surface area contributed by atoms with E-state index in [4.69, 9.17) is 28.3 Å². The van der Waals surface area contributed by atoms with Crippen LogP contribution in [0.25, 0.3) is 0 Å². The number of aliphatic hydroxyl groups is 1. The monoisotopic (exact) mass is 262 g/mol. The Morgan fingerprint density at radius 3 is 2.62 bits per heavy atom. The molecule has 16 heavy (non-hydrogen) atoms. The van der Waals surface area contributed by atoms with E-state index < -0.39 is 12.1 Å². The minimum atomic E-state index is -1.53. The van der Waals surface area contributed by atoms with Crippen LogP contribution in [0.1, 0.15) is 23.7 Å². The summed E-state index contributed by atoms with van der Waals surface area (Å²) >= 11 is 11.5. The maximum absolute atomic E-state index is 10.6. The predicted molar refractivity (Wildman–Crippen MR) is 63.1 cm³/mol. The highest BCUT2D eigenvalue weighted by Gasteiger charge is 2.16. The smallest absolute Gasteiger partial charge is 0.337 e. The van der Waals surface area contributed by atoms with Gasteiger partial charge in [-0.15, -0.1) is 11.6 Å². The van der Waals surface area contributed by atoms with Crippen molar-refractivity contribution in [1.29, 1.82) is 0 Å². The van der Waals surface area contributed by atoms with Gasteiger partial charge in [0.25, 0.3) is 0 Å². The lowest BCUT2D eigenvalue weighted by molar-refractivity contribution is -0.146. The maximum Gasteiger partial charge on any atom is 0.337 e. The highest BCUT2D eigenvalue weighted by molar-refractivity contribution is 6.31. The molecule has 0 heterocycles. The third kappa shape index (κ3) is 3.37. The normalized spacial score (nSPS) is 12.4. The van der Waals surface area contributed by atoms with Gasteiger partial charge in [0, 0.05) is 10.9 Å². The molecule has 0 fully saturated rings. The van der Waals surface area contributed by atoms with Crippen LogP contribution in [0.5, 0.6) is 0 Å². The van der Waals surface area contributed by atoms with Crippen LogP contribution in [-0.2, 0) is 11.2 Å². The van der Waals surface area contributed by atoms with E-state index in [0.717, 1.165) is 18.4 Å². The van der Waals surface area contributed by atoms with Crippen LogP contribution in [0.3, 0.4) is 0 Å². The fraction of sp³-hybridized carbons (Fsp3) is 0.364. The Morgan fingerprint density at radius 1 is 1.44 bits per heavy atom. The van der Waals surface area contributed by atoms with Crippen LogP contribution in [0, 0.1) is 0 Å². The summed E-state index contributed by atoms with van der Waals surface area (Å²) in [6.45, 7) is 0. The number of rotatable bonds is 5. The highest BCUT2D eigenvalue weighted by atomic mass is 35.5. The fourth-order valence-corrected chi connectivity index (χ4v) is 1.75. The van der Waals surface area contributed by atoms with Gasteiger partial charge in [0.1, 0.15) is 0 Å². The number of aliphatic hydroxyl groups excluding tert-OH is 1. The number of hydrogen-bond acceptors (Lipinski definition) is 2. The van der Waals surface area contributed by atoms with E-state index in [0.29, 0.717) is 10.9 Å². The number of aliphatic carboxylic acids is 1. The molecule has 0 aliphatic rings. The molecule has 2 N–H and O–H groups in total. The number of halogens is 2. The zero-order valence-corrected chi connectivity index (χ0v) is 10.0. The van der Waals surface area contributed by atoms with Crippen LogP contribution in [0.4, 0.5) is 0 Å². The Morgan fingerprint density at radius 2 is 2.12 bits per heavy atom. The number of hydrogen-bond donors (Lipinski definition) is 2. The molecular weight excluding hydrogens is 251 g/mol. The number of carbonyl (C=O) groups is 1. The van der Waals surface area contributed by atoms with E-state index in [2.05, 4.69) is 0 Å². The summed E-state index contributed by atoms with van der Waals surface area (Å²) in [5, 5.41) is 18.4. The first kappa shape index (κ1) is 13.3. The van der Waals surface area contributed by atoms with Crippen LogP contribution in [0.2, 0.25) is 5.02 Å². The average molecular weight is 263 g/mol.